The Balaban J connectivity index is 4.23. The molecule has 1 unspecified atom stereocenters. The molecule has 0 heterocycles. The van der Waals surface area contributed by atoms with Crippen molar-refractivity contribution in [2.75, 3.05) is 26.4 Å². The number of unbranched alkanes of at least 4 members (excludes halogenated alkanes) is 15. The maximum atomic E-state index is 12.5. The molecule has 0 fully saturated rings. The SMILES string of the molecule is CC/C=C/C/C=C/C/C=C/C/C=C/C/C=C/CCCC(=O)O[C@H](CO/C=C/CCCCCCCCCCCCCCCC)COP(=O)(O)OCCN. The Bertz CT molecular complexity index is 1020. The second kappa shape index (κ2) is 40.0. The summed E-state index contributed by atoms with van der Waals surface area (Å²) in [6.07, 6.45) is 50.2. The number of hydrogen-bond acceptors (Lipinski definition) is 7. The van der Waals surface area contributed by atoms with Crippen molar-refractivity contribution in [2.45, 2.75) is 168 Å². The summed E-state index contributed by atoms with van der Waals surface area (Å²) in [6, 6.07) is 0. The first-order valence-corrected chi connectivity index (χ1v) is 22.0. The molecule has 52 heavy (non-hydrogen) atoms. The van der Waals surface area contributed by atoms with Gasteiger partial charge in [-0.3, -0.25) is 13.8 Å². The van der Waals surface area contributed by atoms with E-state index in [1.807, 2.05) is 6.08 Å². The molecule has 0 saturated heterocycles. The first kappa shape index (κ1) is 49.8. The number of carbonyl (C=O) groups excluding carboxylic acids is 1. The van der Waals surface area contributed by atoms with Crippen LogP contribution in [0.5, 0.6) is 0 Å². The van der Waals surface area contributed by atoms with E-state index in [1.54, 1.807) is 6.26 Å². The molecule has 0 rings (SSSR count). The molecule has 3 N–H and O–H groups in total. The third-order valence-corrected chi connectivity index (χ3v) is 9.19. The minimum absolute atomic E-state index is 0.00659. The highest BCUT2D eigenvalue weighted by molar-refractivity contribution is 7.47. The fourth-order valence-electron chi connectivity index (χ4n) is 5.23. The fraction of sp³-hybridized carbons (Fsp3) is 0.698. The molecular weight excluding hydrogens is 673 g/mol. The van der Waals surface area contributed by atoms with E-state index in [1.165, 1.54) is 83.5 Å². The molecule has 0 aromatic rings. The third kappa shape index (κ3) is 39.0. The number of esters is 1. The lowest BCUT2D eigenvalue weighted by Gasteiger charge is -2.19. The van der Waals surface area contributed by atoms with E-state index in [0.29, 0.717) is 6.42 Å². The Kier molecular flexibility index (Phi) is 38.3. The standard InChI is InChI=1S/C43H76NO7P/c1-3-5-7-9-11-13-15-17-19-21-22-24-26-28-30-32-34-36-43(45)51-42(41-50-52(46,47)49-39-37-44)40-48-38-35-33-31-29-27-25-23-20-18-16-14-12-10-8-6-4-2/h5,7,11,13,17,19,22,24,28,30,35,38,42H,3-4,6,8-10,12,14-16,18,20-21,23,25-27,29,31-34,36-37,39-41,44H2,1-2H3,(H,46,47)/b7-5+,13-11+,19-17+,24-22+,30-28+,38-35+/t42-/m1/s1. The fourth-order valence-corrected chi connectivity index (χ4v) is 6.00. The van der Waals surface area contributed by atoms with Crippen LogP contribution in [-0.4, -0.2) is 43.3 Å². The molecule has 0 radical (unpaired) electrons. The van der Waals surface area contributed by atoms with Crippen LogP contribution in [-0.2, 0) is 27.9 Å². The van der Waals surface area contributed by atoms with Gasteiger partial charge in [-0.05, 0) is 63.9 Å². The van der Waals surface area contributed by atoms with E-state index in [-0.39, 0.29) is 32.8 Å². The van der Waals surface area contributed by atoms with E-state index in [2.05, 4.69) is 74.6 Å². The quantitative estimate of drug-likeness (QED) is 0.0211. The number of allylic oxidation sites excluding steroid dienone is 11. The van der Waals surface area contributed by atoms with Crippen LogP contribution in [0.25, 0.3) is 0 Å². The van der Waals surface area contributed by atoms with E-state index >= 15 is 0 Å². The molecule has 2 atom stereocenters. The van der Waals surface area contributed by atoms with Crippen molar-refractivity contribution in [3.05, 3.63) is 73.1 Å². The summed E-state index contributed by atoms with van der Waals surface area (Å²) < 4.78 is 33.1. The number of carbonyl (C=O) groups is 1. The van der Waals surface area contributed by atoms with Gasteiger partial charge in [-0.15, -0.1) is 0 Å². The first-order valence-electron chi connectivity index (χ1n) is 20.5. The van der Waals surface area contributed by atoms with Gasteiger partial charge in [-0.2, -0.15) is 0 Å². The summed E-state index contributed by atoms with van der Waals surface area (Å²) in [5.74, 6) is -0.411. The van der Waals surface area contributed by atoms with Gasteiger partial charge in [0.05, 0.1) is 19.5 Å². The van der Waals surface area contributed by atoms with Crippen molar-refractivity contribution >= 4 is 13.8 Å². The summed E-state index contributed by atoms with van der Waals surface area (Å²) in [6.45, 7) is 4.05. The van der Waals surface area contributed by atoms with Crippen molar-refractivity contribution in [1.82, 2.24) is 0 Å². The zero-order valence-corrected chi connectivity index (χ0v) is 33.9. The Morgan fingerprint density at radius 3 is 1.62 bits per heavy atom. The Morgan fingerprint density at radius 2 is 1.10 bits per heavy atom. The largest absolute Gasteiger partial charge is 0.498 e. The van der Waals surface area contributed by atoms with Crippen LogP contribution in [0.3, 0.4) is 0 Å². The maximum absolute atomic E-state index is 12.5. The van der Waals surface area contributed by atoms with E-state index in [0.717, 1.165) is 51.4 Å². The van der Waals surface area contributed by atoms with Crippen molar-refractivity contribution in [2.24, 2.45) is 5.73 Å². The molecular formula is C43H76NO7P. The topological polar surface area (TPSA) is 117 Å². The average molecular weight is 750 g/mol. The van der Waals surface area contributed by atoms with Gasteiger partial charge in [-0.25, -0.2) is 4.57 Å². The summed E-state index contributed by atoms with van der Waals surface area (Å²) in [5.41, 5.74) is 5.35. The smallest absolute Gasteiger partial charge is 0.472 e. The summed E-state index contributed by atoms with van der Waals surface area (Å²) >= 11 is 0. The second-order valence-electron chi connectivity index (χ2n) is 13.2. The predicted octanol–water partition coefficient (Wildman–Crippen LogP) is 12.3. The number of rotatable bonds is 38. The molecule has 0 aliphatic rings. The molecule has 0 aromatic carbocycles. The van der Waals surface area contributed by atoms with E-state index < -0.39 is 19.9 Å². The third-order valence-electron chi connectivity index (χ3n) is 8.20. The second-order valence-corrected chi connectivity index (χ2v) is 14.6. The minimum Gasteiger partial charge on any atom is -0.498 e. The summed E-state index contributed by atoms with van der Waals surface area (Å²) in [7, 11) is -4.31. The first-order chi connectivity index (χ1) is 25.4. The van der Waals surface area contributed by atoms with Crippen molar-refractivity contribution in [3.8, 4) is 0 Å². The predicted molar refractivity (Wildman–Crippen MR) is 219 cm³/mol. The van der Waals surface area contributed by atoms with Gasteiger partial charge < -0.3 is 20.1 Å². The Hall–Kier alpha value is -2.22. The maximum Gasteiger partial charge on any atom is 0.472 e. The molecule has 0 aliphatic heterocycles. The molecule has 9 heteroatoms. The van der Waals surface area contributed by atoms with Crippen molar-refractivity contribution in [3.63, 3.8) is 0 Å². The molecule has 0 bridgehead atoms. The number of nitrogens with two attached hydrogens (primary N) is 1. The van der Waals surface area contributed by atoms with Gasteiger partial charge in [-0.1, -0.05) is 158 Å². The van der Waals surface area contributed by atoms with Gasteiger partial charge in [0.15, 0.2) is 6.10 Å². The monoisotopic (exact) mass is 750 g/mol. The summed E-state index contributed by atoms with van der Waals surface area (Å²) in [5, 5.41) is 0. The van der Waals surface area contributed by atoms with E-state index in [4.69, 9.17) is 24.3 Å². The van der Waals surface area contributed by atoms with Crippen LogP contribution < -0.4 is 5.73 Å². The van der Waals surface area contributed by atoms with Crippen LogP contribution in [0.15, 0.2) is 73.1 Å². The van der Waals surface area contributed by atoms with Gasteiger partial charge in [0.1, 0.15) is 6.61 Å². The molecule has 0 spiro atoms. The molecule has 0 saturated carbocycles. The average Bonchev–Trinajstić information content (AvgIpc) is 3.13. The zero-order valence-electron chi connectivity index (χ0n) is 33.0. The number of phosphoric acid groups is 1. The lowest BCUT2D eigenvalue weighted by atomic mass is 10.0. The molecule has 0 aliphatic carbocycles. The van der Waals surface area contributed by atoms with Crippen LogP contribution in [0.2, 0.25) is 0 Å². The Labute approximate surface area is 318 Å². The van der Waals surface area contributed by atoms with Gasteiger partial charge in [0.2, 0.25) is 0 Å². The number of phosphoric ester groups is 1. The lowest BCUT2D eigenvalue weighted by Crippen LogP contribution is -2.27. The molecule has 0 amide bonds. The molecule has 0 aromatic heterocycles. The molecule has 8 nitrogen and oxygen atoms in total. The van der Waals surface area contributed by atoms with Gasteiger partial charge >= 0.3 is 13.8 Å². The minimum atomic E-state index is -4.31. The van der Waals surface area contributed by atoms with Crippen LogP contribution in [0.4, 0.5) is 0 Å². The number of ether oxygens (including phenoxy) is 2. The molecule has 300 valence electrons. The highest BCUT2D eigenvalue weighted by atomic mass is 31.2. The van der Waals surface area contributed by atoms with Crippen molar-refractivity contribution in [1.29, 1.82) is 0 Å². The van der Waals surface area contributed by atoms with Gasteiger partial charge in [0, 0.05) is 13.0 Å². The van der Waals surface area contributed by atoms with Crippen LogP contribution in [0, 0.1) is 0 Å². The highest BCUT2D eigenvalue weighted by Gasteiger charge is 2.25. The van der Waals surface area contributed by atoms with Crippen LogP contribution >= 0.6 is 7.82 Å². The van der Waals surface area contributed by atoms with Crippen LogP contribution in [0.1, 0.15) is 162 Å². The number of hydrogen-bond donors (Lipinski definition) is 2. The highest BCUT2D eigenvalue weighted by Crippen LogP contribution is 2.43. The Morgan fingerprint density at radius 1 is 0.615 bits per heavy atom. The lowest BCUT2D eigenvalue weighted by molar-refractivity contribution is -0.153. The van der Waals surface area contributed by atoms with E-state index in [9.17, 15) is 14.3 Å². The van der Waals surface area contributed by atoms with Gasteiger partial charge in [0.25, 0.3) is 0 Å². The van der Waals surface area contributed by atoms with Crippen molar-refractivity contribution < 1.29 is 32.8 Å². The normalized spacial score (nSPS) is 14.2. The zero-order chi connectivity index (χ0) is 38.1. The summed E-state index contributed by atoms with van der Waals surface area (Å²) in [4.78, 5) is 22.4.